The van der Waals surface area contributed by atoms with Gasteiger partial charge in [0.1, 0.15) is 0 Å². The molecule has 0 fully saturated rings. The number of carbonyl (C=O) groups is 2. The van der Waals surface area contributed by atoms with E-state index in [1.165, 1.54) is 0 Å². The van der Waals surface area contributed by atoms with Gasteiger partial charge in [0.15, 0.2) is 11.6 Å². The van der Waals surface area contributed by atoms with Crippen LogP contribution in [-0.2, 0) is 31.1 Å². The van der Waals surface area contributed by atoms with Gasteiger partial charge in [-0.1, -0.05) is 97.1 Å². The molecular formula is C28H18O8. The largest absolute Gasteiger partial charge is 0.289 e. The summed E-state index contributed by atoms with van der Waals surface area (Å²) in [7, 11) is 0. The second-order valence-corrected chi connectivity index (χ2v) is 8.42. The Bertz CT molecular complexity index is 1310. The van der Waals surface area contributed by atoms with E-state index in [4.69, 9.17) is 19.6 Å². The van der Waals surface area contributed by atoms with Gasteiger partial charge in [0, 0.05) is 44.5 Å². The van der Waals surface area contributed by atoms with Crippen LogP contribution in [0.4, 0.5) is 0 Å². The van der Waals surface area contributed by atoms with Gasteiger partial charge in [-0.3, -0.25) is 9.59 Å². The summed E-state index contributed by atoms with van der Waals surface area (Å²) in [6.07, 6.45) is 0. The lowest BCUT2D eigenvalue weighted by atomic mass is 9.80. The van der Waals surface area contributed by atoms with Crippen molar-refractivity contribution < 1.29 is 39.7 Å². The van der Waals surface area contributed by atoms with Crippen LogP contribution in [-0.4, -0.2) is 22.1 Å². The minimum absolute atomic E-state index is 0.178. The Hall–Kier alpha value is -4.02. The van der Waals surface area contributed by atoms with Crippen LogP contribution < -0.4 is 0 Å². The highest BCUT2D eigenvalue weighted by Crippen LogP contribution is 2.48. The van der Waals surface area contributed by atoms with E-state index in [1.807, 2.05) is 0 Å². The highest BCUT2D eigenvalue weighted by molar-refractivity contribution is 6.13. The van der Waals surface area contributed by atoms with E-state index in [0.29, 0.717) is 0 Å². The number of hydrogen-bond acceptors (Lipinski definition) is 8. The molecule has 0 amide bonds. The van der Waals surface area contributed by atoms with Crippen molar-refractivity contribution in [3.8, 4) is 0 Å². The maximum Gasteiger partial charge on any atom is 0.285 e. The van der Waals surface area contributed by atoms with E-state index in [9.17, 15) is 20.1 Å². The Morgan fingerprint density at radius 2 is 0.694 bits per heavy atom. The molecule has 2 aliphatic rings. The molecule has 0 saturated heterocycles. The summed E-state index contributed by atoms with van der Waals surface area (Å²) < 4.78 is 0. The van der Waals surface area contributed by atoms with Crippen LogP contribution in [0.2, 0.25) is 0 Å². The molecule has 0 saturated carbocycles. The molecule has 4 aromatic rings. The van der Waals surface area contributed by atoms with Gasteiger partial charge in [0.25, 0.3) is 11.6 Å². The summed E-state index contributed by atoms with van der Waals surface area (Å²) in [5, 5.41) is 20.5. The van der Waals surface area contributed by atoms with Crippen LogP contribution >= 0.6 is 0 Å². The first-order valence-corrected chi connectivity index (χ1v) is 11.1. The molecule has 0 unspecified atom stereocenters. The molecule has 2 aliphatic carbocycles. The maximum atomic E-state index is 13.2. The lowest BCUT2D eigenvalue weighted by Crippen LogP contribution is -2.46. The van der Waals surface area contributed by atoms with Crippen molar-refractivity contribution in [1.82, 2.24) is 0 Å². The molecule has 0 spiro atoms. The first-order valence-electron chi connectivity index (χ1n) is 11.1. The van der Waals surface area contributed by atoms with Crippen molar-refractivity contribution >= 4 is 11.6 Å². The van der Waals surface area contributed by atoms with Gasteiger partial charge in [-0.05, 0) is 0 Å². The summed E-state index contributed by atoms with van der Waals surface area (Å²) in [4.78, 5) is 48.0. The van der Waals surface area contributed by atoms with Crippen molar-refractivity contribution in [2.75, 3.05) is 0 Å². The number of fused-ring (bicyclic) bond motifs is 4. The third-order valence-electron chi connectivity index (χ3n) is 6.64. The van der Waals surface area contributed by atoms with E-state index < -0.39 is 11.6 Å². The number of carbonyl (C=O) groups excluding carboxylic acids is 2. The zero-order chi connectivity index (χ0) is 24.9. The van der Waals surface area contributed by atoms with Crippen LogP contribution in [0.25, 0.3) is 0 Å². The van der Waals surface area contributed by atoms with Gasteiger partial charge in [-0.25, -0.2) is 10.5 Å². The van der Waals surface area contributed by atoms with Gasteiger partial charge < -0.3 is 0 Å². The minimum atomic E-state index is -2.13. The Labute approximate surface area is 204 Å². The molecule has 36 heavy (non-hydrogen) atoms. The molecule has 8 nitrogen and oxygen atoms in total. The van der Waals surface area contributed by atoms with Gasteiger partial charge >= 0.3 is 0 Å². The van der Waals surface area contributed by atoms with Crippen molar-refractivity contribution in [3.63, 3.8) is 0 Å². The van der Waals surface area contributed by atoms with E-state index in [1.54, 1.807) is 97.1 Å². The topological polar surface area (TPSA) is 112 Å². The molecule has 178 valence electrons. The highest BCUT2D eigenvalue weighted by atomic mass is 17.3. The molecule has 0 heterocycles. The molecule has 2 N–H and O–H groups in total. The molecule has 0 atom stereocenters. The average molecular weight is 482 g/mol. The predicted octanol–water partition coefficient (Wildman–Crippen LogP) is 4.81. The Morgan fingerprint density at radius 1 is 0.444 bits per heavy atom. The molecule has 0 bridgehead atoms. The fourth-order valence-electron chi connectivity index (χ4n) is 4.98. The maximum absolute atomic E-state index is 13.2. The monoisotopic (exact) mass is 482 g/mol. The minimum Gasteiger partial charge on any atom is -0.289 e. The SMILES string of the molecule is O=C1c2ccccc2C(OO)(OOC2(OO)c3ccccc3C(=O)c3ccccc32)c2ccccc21. The van der Waals surface area contributed by atoms with E-state index in [-0.39, 0.29) is 56.1 Å². The number of rotatable bonds is 5. The number of benzene rings is 4. The third-order valence-corrected chi connectivity index (χ3v) is 6.64. The van der Waals surface area contributed by atoms with Gasteiger partial charge in [0.05, 0.1) is 0 Å². The Morgan fingerprint density at radius 3 is 0.944 bits per heavy atom. The molecule has 0 aliphatic heterocycles. The van der Waals surface area contributed by atoms with Crippen molar-refractivity contribution in [2.24, 2.45) is 0 Å². The lowest BCUT2D eigenvalue weighted by molar-refractivity contribution is -0.566. The number of hydrogen-bond donors (Lipinski definition) is 2. The summed E-state index contributed by atoms with van der Waals surface area (Å²) in [5.74, 6) is -4.83. The van der Waals surface area contributed by atoms with Gasteiger partial charge in [-0.15, -0.1) is 0 Å². The first kappa shape index (κ1) is 22.4. The van der Waals surface area contributed by atoms with Crippen molar-refractivity contribution in [3.05, 3.63) is 142 Å². The van der Waals surface area contributed by atoms with Crippen LogP contribution in [0, 0.1) is 0 Å². The van der Waals surface area contributed by atoms with Crippen molar-refractivity contribution in [2.45, 2.75) is 11.6 Å². The third kappa shape index (κ3) is 2.91. The summed E-state index contributed by atoms with van der Waals surface area (Å²) >= 11 is 0. The zero-order valence-electron chi connectivity index (χ0n) is 18.6. The Balaban J connectivity index is 1.55. The molecule has 0 radical (unpaired) electrons. The van der Waals surface area contributed by atoms with Crippen LogP contribution in [0.3, 0.4) is 0 Å². The normalized spacial score (nSPS) is 16.5. The van der Waals surface area contributed by atoms with E-state index >= 15 is 0 Å². The van der Waals surface area contributed by atoms with E-state index in [2.05, 4.69) is 0 Å². The van der Waals surface area contributed by atoms with Crippen molar-refractivity contribution in [1.29, 1.82) is 0 Å². The fraction of sp³-hybridized carbons (Fsp3) is 0.0714. The summed E-state index contributed by atoms with van der Waals surface area (Å²) in [6, 6.07) is 25.8. The number of ketones is 2. The molecule has 6 rings (SSSR count). The summed E-state index contributed by atoms with van der Waals surface area (Å²) in [5.41, 5.74) is 1.63. The van der Waals surface area contributed by atoms with E-state index in [0.717, 1.165) is 0 Å². The smallest absolute Gasteiger partial charge is 0.285 e. The standard InChI is InChI=1S/C28H18O8/c29-25-17-9-1-5-13-21(17)27(33-31,22-14-6-2-10-18(22)25)35-36-28(34-32)23-15-7-3-11-19(23)26(30)20-12-4-8-16-24(20)28/h1-16,31-32H. The quantitative estimate of drug-likeness (QED) is 0.237. The van der Waals surface area contributed by atoms with Crippen LogP contribution in [0.1, 0.15) is 54.1 Å². The second-order valence-electron chi connectivity index (χ2n) is 8.42. The molecule has 0 aromatic heterocycles. The van der Waals surface area contributed by atoms with Gasteiger partial charge in [-0.2, -0.15) is 19.6 Å². The Kier molecular flexibility index (Phi) is 5.16. The zero-order valence-corrected chi connectivity index (χ0v) is 18.6. The molecular weight excluding hydrogens is 464 g/mol. The average Bonchev–Trinajstić information content (AvgIpc) is 2.95. The second kappa shape index (κ2) is 8.28. The fourth-order valence-corrected chi connectivity index (χ4v) is 4.98. The molecule has 4 aromatic carbocycles. The summed E-state index contributed by atoms with van der Waals surface area (Å²) in [6.45, 7) is 0. The van der Waals surface area contributed by atoms with Crippen LogP contribution in [0.5, 0.6) is 0 Å². The highest BCUT2D eigenvalue weighted by Gasteiger charge is 2.53. The van der Waals surface area contributed by atoms with Crippen LogP contribution in [0.15, 0.2) is 97.1 Å². The van der Waals surface area contributed by atoms with Gasteiger partial charge in [0.2, 0.25) is 0 Å². The molecule has 8 heteroatoms. The predicted molar refractivity (Wildman–Crippen MR) is 124 cm³/mol. The lowest BCUT2D eigenvalue weighted by Gasteiger charge is -2.40. The first-order chi connectivity index (χ1) is 17.6.